The first-order chi connectivity index (χ1) is 11.5. The molecule has 2 amide bonds. The Labute approximate surface area is 143 Å². The number of benzene rings is 1. The number of aryl methyl sites for hydroxylation is 1. The summed E-state index contributed by atoms with van der Waals surface area (Å²) >= 11 is 0. The van der Waals surface area contributed by atoms with Crippen LogP contribution in [0.2, 0.25) is 0 Å². The second kappa shape index (κ2) is 6.93. The Bertz CT molecular complexity index is 625. The van der Waals surface area contributed by atoms with Gasteiger partial charge in [-0.25, -0.2) is 0 Å². The van der Waals surface area contributed by atoms with E-state index >= 15 is 0 Å². The predicted molar refractivity (Wildman–Crippen MR) is 93.1 cm³/mol. The van der Waals surface area contributed by atoms with Crippen LogP contribution in [0, 0.1) is 12.3 Å². The molecule has 2 heterocycles. The highest BCUT2D eigenvalue weighted by Crippen LogP contribution is 2.40. The van der Waals surface area contributed by atoms with Gasteiger partial charge in [0.1, 0.15) is 0 Å². The van der Waals surface area contributed by atoms with Crippen molar-refractivity contribution in [2.24, 2.45) is 5.41 Å². The molecule has 2 aliphatic rings. The molecular formula is C19H26N2O3. The van der Waals surface area contributed by atoms with E-state index in [0.717, 1.165) is 63.2 Å². The summed E-state index contributed by atoms with van der Waals surface area (Å²) in [6, 6.07) is 5.49. The van der Waals surface area contributed by atoms with Gasteiger partial charge in [-0.2, -0.15) is 0 Å². The van der Waals surface area contributed by atoms with Crippen LogP contribution in [0.15, 0.2) is 18.2 Å². The summed E-state index contributed by atoms with van der Waals surface area (Å²) in [6.07, 6.45) is 4.40. The van der Waals surface area contributed by atoms with E-state index in [9.17, 15) is 9.59 Å². The van der Waals surface area contributed by atoms with Gasteiger partial charge < -0.3 is 15.0 Å². The van der Waals surface area contributed by atoms with Gasteiger partial charge in [-0.1, -0.05) is 0 Å². The number of hydrogen-bond donors (Lipinski definition) is 1. The minimum Gasteiger partial charge on any atom is -0.381 e. The largest absolute Gasteiger partial charge is 0.381 e. The van der Waals surface area contributed by atoms with Crippen LogP contribution in [0.25, 0.3) is 0 Å². The van der Waals surface area contributed by atoms with Crippen LogP contribution in [0.4, 0.5) is 5.69 Å². The third-order valence-electron chi connectivity index (χ3n) is 5.45. The molecule has 1 aromatic carbocycles. The lowest BCUT2D eigenvalue weighted by atomic mass is 9.72. The quantitative estimate of drug-likeness (QED) is 0.907. The summed E-state index contributed by atoms with van der Waals surface area (Å²) in [4.78, 5) is 25.9. The first-order valence-electron chi connectivity index (χ1n) is 8.74. The third kappa shape index (κ3) is 3.61. The second-order valence-electron chi connectivity index (χ2n) is 7.12. The fourth-order valence-corrected chi connectivity index (χ4v) is 3.80. The van der Waals surface area contributed by atoms with Crippen LogP contribution in [-0.2, 0) is 9.53 Å². The first kappa shape index (κ1) is 17.0. The minimum atomic E-state index is -0.102. The molecule has 5 heteroatoms. The number of carbonyl (C=O) groups is 2. The number of ether oxygens (including phenoxy) is 1. The zero-order valence-corrected chi connectivity index (χ0v) is 14.6. The molecule has 0 aliphatic carbocycles. The smallest absolute Gasteiger partial charge is 0.253 e. The average molecular weight is 330 g/mol. The lowest BCUT2D eigenvalue weighted by Crippen LogP contribution is -2.45. The monoisotopic (exact) mass is 330 g/mol. The van der Waals surface area contributed by atoms with Crippen LogP contribution in [-0.4, -0.2) is 43.0 Å². The van der Waals surface area contributed by atoms with E-state index in [1.807, 2.05) is 24.0 Å². The van der Waals surface area contributed by atoms with Crippen molar-refractivity contribution in [3.63, 3.8) is 0 Å². The maximum Gasteiger partial charge on any atom is 0.253 e. The SMILES string of the molecule is CC(=O)Nc1ccc(C(=O)N2CCC3(CCOCC3)CC2)cc1C. The van der Waals surface area contributed by atoms with E-state index in [2.05, 4.69) is 5.32 Å². The van der Waals surface area contributed by atoms with Gasteiger partial charge in [0, 0.05) is 44.5 Å². The van der Waals surface area contributed by atoms with Gasteiger partial charge in [-0.3, -0.25) is 9.59 Å². The maximum atomic E-state index is 12.8. The number of anilines is 1. The van der Waals surface area contributed by atoms with Gasteiger partial charge in [0.25, 0.3) is 5.91 Å². The second-order valence-corrected chi connectivity index (χ2v) is 7.12. The van der Waals surface area contributed by atoms with Crippen molar-refractivity contribution in [3.05, 3.63) is 29.3 Å². The number of rotatable bonds is 2. The topological polar surface area (TPSA) is 58.6 Å². The minimum absolute atomic E-state index is 0.0920. The molecule has 1 spiro atoms. The standard InChI is InChI=1S/C19H26N2O3/c1-14-13-16(3-4-17(14)20-15(2)22)18(23)21-9-5-19(6-10-21)7-11-24-12-8-19/h3-4,13H,5-12H2,1-2H3,(H,20,22). The van der Waals surface area contributed by atoms with E-state index in [4.69, 9.17) is 4.74 Å². The van der Waals surface area contributed by atoms with Crippen molar-refractivity contribution in [2.75, 3.05) is 31.6 Å². The Kier molecular flexibility index (Phi) is 4.90. The highest BCUT2D eigenvalue weighted by molar-refractivity contribution is 5.96. The summed E-state index contributed by atoms with van der Waals surface area (Å²) in [7, 11) is 0. The zero-order chi connectivity index (χ0) is 17.2. The molecule has 1 N–H and O–H groups in total. The molecule has 0 bridgehead atoms. The molecule has 0 atom stereocenters. The van der Waals surface area contributed by atoms with Gasteiger partial charge in [-0.05, 0) is 61.8 Å². The number of amides is 2. The van der Waals surface area contributed by atoms with Gasteiger partial charge in [-0.15, -0.1) is 0 Å². The van der Waals surface area contributed by atoms with E-state index in [0.29, 0.717) is 11.0 Å². The van der Waals surface area contributed by atoms with Crippen molar-refractivity contribution < 1.29 is 14.3 Å². The number of piperidine rings is 1. The summed E-state index contributed by atoms with van der Waals surface area (Å²) < 4.78 is 5.48. The molecule has 0 unspecified atom stereocenters. The van der Waals surface area contributed by atoms with E-state index in [-0.39, 0.29) is 11.8 Å². The van der Waals surface area contributed by atoms with E-state index in [1.54, 1.807) is 6.07 Å². The van der Waals surface area contributed by atoms with Crippen LogP contribution >= 0.6 is 0 Å². The van der Waals surface area contributed by atoms with Crippen LogP contribution in [0.1, 0.15) is 48.5 Å². The lowest BCUT2D eigenvalue weighted by Gasteiger charge is -2.44. The number of likely N-dealkylation sites (tertiary alicyclic amines) is 1. The Morgan fingerprint density at radius 2 is 1.79 bits per heavy atom. The molecule has 2 saturated heterocycles. The molecule has 130 valence electrons. The molecule has 0 radical (unpaired) electrons. The van der Waals surface area contributed by atoms with Gasteiger partial charge in [0.15, 0.2) is 0 Å². The highest BCUT2D eigenvalue weighted by Gasteiger charge is 2.37. The molecule has 0 aromatic heterocycles. The lowest BCUT2D eigenvalue weighted by molar-refractivity contribution is -0.114. The Hall–Kier alpha value is -1.88. The van der Waals surface area contributed by atoms with E-state index < -0.39 is 0 Å². The molecule has 24 heavy (non-hydrogen) atoms. The van der Waals surface area contributed by atoms with Gasteiger partial charge in [0.2, 0.25) is 5.91 Å². The van der Waals surface area contributed by atoms with Crippen molar-refractivity contribution in [2.45, 2.75) is 39.5 Å². The molecule has 5 nitrogen and oxygen atoms in total. The molecule has 0 saturated carbocycles. The van der Waals surface area contributed by atoms with Crippen molar-refractivity contribution in [1.82, 2.24) is 4.90 Å². The summed E-state index contributed by atoms with van der Waals surface area (Å²) in [5.74, 6) is -0.00986. The molecule has 2 aliphatic heterocycles. The Morgan fingerprint density at radius 1 is 1.12 bits per heavy atom. The predicted octanol–water partition coefficient (Wildman–Crippen LogP) is 2.99. The van der Waals surface area contributed by atoms with Crippen LogP contribution in [0.5, 0.6) is 0 Å². The van der Waals surface area contributed by atoms with Crippen LogP contribution < -0.4 is 5.32 Å². The van der Waals surface area contributed by atoms with Gasteiger partial charge in [0.05, 0.1) is 0 Å². The molecular weight excluding hydrogens is 304 g/mol. The highest BCUT2D eigenvalue weighted by atomic mass is 16.5. The summed E-state index contributed by atoms with van der Waals surface area (Å²) in [5.41, 5.74) is 2.76. The first-order valence-corrected chi connectivity index (χ1v) is 8.74. The number of carbonyl (C=O) groups excluding carboxylic acids is 2. The number of hydrogen-bond acceptors (Lipinski definition) is 3. The summed E-state index contributed by atoms with van der Waals surface area (Å²) in [6.45, 7) is 6.76. The maximum absolute atomic E-state index is 12.8. The third-order valence-corrected chi connectivity index (χ3v) is 5.45. The fourth-order valence-electron chi connectivity index (χ4n) is 3.80. The zero-order valence-electron chi connectivity index (χ0n) is 14.6. The Morgan fingerprint density at radius 3 is 2.38 bits per heavy atom. The fraction of sp³-hybridized carbons (Fsp3) is 0.579. The van der Waals surface area contributed by atoms with E-state index in [1.165, 1.54) is 6.92 Å². The normalized spacial score (nSPS) is 20.0. The van der Waals surface area contributed by atoms with Gasteiger partial charge >= 0.3 is 0 Å². The van der Waals surface area contributed by atoms with Crippen molar-refractivity contribution in [1.29, 1.82) is 0 Å². The van der Waals surface area contributed by atoms with Crippen molar-refractivity contribution in [3.8, 4) is 0 Å². The number of nitrogens with zero attached hydrogens (tertiary/aromatic N) is 1. The summed E-state index contributed by atoms with van der Waals surface area (Å²) in [5, 5.41) is 2.78. The van der Waals surface area contributed by atoms with Crippen molar-refractivity contribution >= 4 is 17.5 Å². The van der Waals surface area contributed by atoms with Crippen LogP contribution in [0.3, 0.4) is 0 Å². The average Bonchev–Trinajstić information content (AvgIpc) is 2.57. The Balaban J connectivity index is 1.65. The molecule has 1 aromatic rings. The molecule has 3 rings (SSSR count). The number of nitrogens with one attached hydrogen (secondary N) is 1. The molecule has 2 fully saturated rings.